The van der Waals surface area contributed by atoms with Gasteiger partial charge in [0.1, 0.15) is 5.00 Å². The third-order valence-corrected chi connectivity index (χ3v) is 10.9. The molecule has 2 aromatic rings. The molecule has 1 unspecified atom stereocenters. The fraction of sp³-hybridized carbons (Fsp3) is 0.571. The minimum Gasteiger partial charge on any atom is -0.339 e. The Kier molecular flexibility index (Phi) is 8.96. The third-order valence-electron chi connectivity index (χ3n) is 7.77. The highest BCUT2D eigenvalue weighted by atomic mass is 32.2. The maximum absolute atomic E-state index is 13.5. The first-order valence-corrected chi connectivity index (χ1v) is 15.9. The Morgan fingerprint density at radius 1 is 1.11 bits per heavy atom. The van der Waals surface area contributed by atoms with Crippen molar-refractivity contribution in [3.8, 4) is 0 Å². The summed E-state index contributed by atoms with van der Waals surface area (Å²) in [6.07, 6.45) is 3.52. The number of anilines is 1. The molecule has 0 bridgehead atoms. The van der Waals surface area contributed by atoms with Crippen molar-refractivity contribution in [2.75, 3.05) is 31.5 Å². The summed E-state index contributed by atoms with van der Waals surface area (Å²) in [7, 11) is -3.61. The molecule has 2 aliphatic heterocycles. The van der Waals surface area contributed by atoms with Crippen LogP contribution in [0.2, 0.25) is 0 Å². The first kappa shape index (κ1) is 28.7. The van der Waals surface area contributed by atoms with Crippen molar-refractivity contribution in [2.45, 2.75) is 83.8 Å². The molecule has 0 spiro atoms. The van der Waals surface area contributed by atoms with Gasteiger partial charge in [0.05, 0.1) is 10.5 Å². The quantitative estimate of drug-likeness (QED) is 0.500. The number of nitrogens with one attached hydrogen (secondary N) is 1. The Labute approximate surface area is 231 Å². The zero-order chi connectivity index (χ0) is 27.6. The van der Waals surface area contributed by atoms with E-state index in [4.69, 9.17) is 0 Å². The molecule has 38 heavy (non-hydrogen) atoms. The number of amides is 2. The largest absolute Gasteiger partial charge is 0.339 e. The number of carbonyl (C=O) groups excluding carboxylic acids is 2. The monoisotopic (exact) mass is 560 g/mol. The molecule has 1 N–H and O–H groups in total. The molecule has 8 nitrogen and oxygen atoms in total. The van der Waals surface area contributed by atoms with E-state index in [1.165, 1.54) is 23.5 Å². The Bertz CT molecular complexity index is 1270. The molecule has 0 saturated carbocycles. The fourth-order valence-corrected chi connectivity index (χ4v) is 8.32. The molecular weight excluding hydrogens is 520 g/mol. The average molecular weight is 561 g/mol. The zero-order valence-electron chi connectivity index (χ0n) is 23.1. The van der Waals surface area contributed by atoms with Crippen LogP contribution in [0.15, 0.2) is 29.2 Å². The van der Waals surface area contributed by atoms with E-state index in [1.54, 1.807) is 21.3 Å². The lowest BCUT2D eigenvalue weighted by Crippen LogP contribution is -2.41. The highest BCUT2D eigenvalue weighted by molar-refractivity contribution is 7.89. The summed E-state index contributed by atoms with van der Waals surface area (Å²) in [5.74, 6) is -0.411. The van der Waals surface area contributed by atoms with Crippen molar-refractivity contribution in [3.05, 3.63) is 45.8 Å². The molecule has 208 valence electrons. The van der Waals surface area contributed by atoms with E-state index in [1.807, 2.05) is 20.8 Å². The van der Waals surface area contributed by atoms with Crippen molar-refractivity contribution in [3.63, 3.8) is 0 Å². The summed E-state index contributed by atoms with van der Waals surface area (Å²) >= 11 is 1.48. The number of hydrogen-bond acceptors (Lipinski definition) is 6. The van der Waals surface area contributed by atoms with Crippen LogP contribution in [-0.2, 0) is 23.0 Å². The van der Waals surface area contributed by atoms with Crippen LogP contribution in [-0.4, -0.2) is 72.6 Å². The van der Waals surface area contributed by atoms with E-state index in [-0.39, 0.29) is 22.8 Å². The normalized spacial score (nSPS) is 18.8. The third kappa shape index (κ3) is 5.68. The van der Waals surface area contributed by atoms with Gasteiger partial charge in [-0.05, 0) is 83.7 Å². The van der Waals surface area contributed by atoms with E-state index in [0.29, 0.717) is 41.8 Å². The van der Waals surface area contributed by atoms with Gasteiger partial charge in [-0.3, -0.25) is 14.5 Å². The molecule has 1 atom stereocenters. The number of thiophene rings is 1. The predicted molar refractivity (Wildman–Crippen MR) is 152 cm³/mol. The summed E-state index contributed by atoms with van der Waals surface area (Å²) in [5, 5.41) is 3.57. The number of benzene rings is 1. The van der Waals surface area contributed by atoms with Crippen LogP contribution in [0.25, 0.3) is 0 Å². The van der Waals surface area contributed by atoms with Crippen molar-refractivity contribution in [1.82, 2.24) is 14.1 Å². The molecule has 2 aliphatic rings. The van der Waals surface area contributed by atoms with Gasteiger partial charge in [0.25, 0.3) is 11.8 Å². The summed E-state index contributed by atoms with van der Waals surface area (Å²) in [5.41, 5.74) is 1.99. The van der Waals surface area contributed by atoms with Crippen LogP contribution in [0.5, 0.6) is 0 Å². The van der Waals surface area contributed by atoms with Crippen LogP contribution in [0.1, 0.15) is 85.0 Å². The number of hydrogen-bond donors (Lipinski definition) is 1. The van der Waals surface area contributed by atoms with Gasteiger partial charge in [-0.15, -0.1) is 11.3 Å². The standard InChI is InChI=1S/C28H40N4O4S2/c1-6-30(7-2)28(34)25-23-15-17-31(19(3)4)18-24(23)37-27(25)29-26(33)21-11-13-22(14-12-21)38(35,36)32-16-9-8-10-20(32)5/h11-14,19-20H,6-10,15-18H2,1-5H3,(H,29,33). The molecule has 1 aromatic carbocycles. The van der Waals surface area contributed by atoms with Crippen molar-refractivity contribution in [1.29, 1.82) is 0 Å². The van der Waals surface area contributed by atoms with Gasteiger partial charge in [-0.25, -0.2) is 8.42 Å². The smallest absolute Gasteiger partial charge is 0.257 e. The average Bonchev–Trinajstić information content (AvgIpc) is 3.26. The van der Waals surface area contributed by atoms with Crippen LogP contribution < -0.4 is 5.32 Å². The number of piperidine rings is 1. The van der Waals surface area contributed by atoms with Crippen LogP contribution in [0.3, 0.4) is 0 Å². The molecule has 10 heteroatoms. The van der Waals surface area contributed by atoms with E-state index in [9.17, 15) is 18.0 Å². The number of carbonyl (C=O) groups is 2. The zero-order valence-corrected chi connectivity index (χ0v) is 24.8. The van der Waals surface area contributed by atoms with E-state index >= 15 is 0 Å². The minimum absolute atomic E-state index is 0.0324. The van der Waals surface area contributed by atoms with Gasteiger partial charge in [0, 0.05) is 55.2 Å². The lowest BCUT2D eigenvalue weighted by molar-refractivity contribution is 0.0772. The SMILES string of the molecule is CCN(CC)C(=O)c1c(NC(=O)c2ccc(S(=O)(=O)N3CCCCC3C)cc2)sc2c1CCN(C(C)C)C2. The summed E-state index contributed by atoms with van der Waals surface area (Å²) in [6, 6.07) is 6.48. The van der Waals surface area contributed by atoms with Gasteiger partial charge < -0.3 is 10.2 Å². The molecule has 4 rings (SSSR count). The van der Waals surface area contributed by atoms with Gasteiger partial charge in [-0.2, -0.15) is 4.31 Å². The van der Waals surface area contributed by atoms with E-state index in [2.05, 4.69) is 24.1 Å². The second kappa shape index (κ2) is 11.9. The molecular formula is C28H40N4O4S2. The van der Waals surface area contributed by atoms with Gasteiger partial charge in [0.2, 0.25) is 10.0 Å². The lowest BCUT2D eigenvalue weighted by atomic mass is 10.0. The lowest BCUT2D eigenvalue weighted by Gasteiger charge is -2.32. The molecule has 3 heterocycles. The number of sulfonamides is 1. The summed E-state index contributed by atoms with van der Waals surface area (Å²) in [6.45, 7) is 13.5. The highest BCUT2D eigenvalue weighted by Gasteiger charge is 2.32. The molecule has 0 radical (unpaired) electrons. The predicted octanol–water partition coefficient (Wildman–Crippen LogP) is 4.81. The Morgan fingerprint density at radius 2 is 1.79 bits per heavy atom. The summed E-state index contributed by atoms with van der Waals surface area (Å²) in [4.78, 5) is 32.3. The first-order chi connectivity index (χ1) is 18.1. The van der Waals surface area contributed by atoms with Crippen LogP contribution in [0.4, 0.5) is 5.00 Å². The molecule has 1 saturated heterocycles. The van der Waals surface area contributed by atoms with E-state index < -0.39 is 10.0 Å². The number of fused-ring (bicyclic) bond motifs is 1. The second-order valence-electron chi connectivity index (χ2n) is 10.4. The molecule has 1 fully saturated rings. The fourth-order valence-electron chi connectivity index (χ4n) is 5.37. The van der Waals surface area contributed by atoms with Crippen molar-refractivity contribution >= 4 is 38.2 Å². The molecule has 1 aromatic heterocycles. The highest BCUT2D eigenvalue weighted by Crippen LogP contribution is 2.38. The first-order valence-electron chi connectivity index (χ1n) is 13.7. The Hall–Kier alpha value is -2.27. The van der Waals surface area contributed by atoms with Crippen LogP contribution in [0, 0.1) is 0 Å². The van der Waals surface area contributed by atoms with E-state index in [0.717, 1.165) is 49.2 Å². The maximum Gasteiger partial charge on any atom is 0.257 e. The Balaban J connectivity index is 1.60. The Morgan fingerprint density at radius 3 is 2.39 bits per heavy atom. The van der Waals surface area contributed by atoms with Gasteiger partial charge in [0.15, 0.2) is 0 Å². The molecule has 0 aliphatic carbocycles. The van der Waals surface area contributed by atoms with Crippen LogP contribution >= 0.6 is 11.3 Å². The minimum atomic E-state index is -3.61. The summed E-state index contributed by atoms with van der Waals surface area (Å²) < 4.78 is 27.9. The van der Waals surface area contributed by atoms with Gasteiger partial charge in [-0.1, -0.05) is 6.42 Å². The van der Waals surface area contributed by atoms with Gasteiger partial charge >= 0.3 is 0 Å². The van der Waals surface area contributed by atoms with Crippen molar-refractivity contribution < 1.29 is 18.0 Å². The molecule has 2 amide bonds. The second-order valence-corrected chi connectivity index (χ2v) is 13.4. The number of rotatable bonds is 8. The topological polar surface area (TPSA) is 90.0 Å². The maximum atomic E-state index is 13.5. The van der Waals surface area contributed by atoms with Crippen molar-refractivity contribution in [2.24, 2.45) is 0 Å². The number of nitrogens with zero attached hydrogens (tertiary/aromatic N) is 3.